The van der Waals surface area contributed by atoms with Gasteiger partial charge in [0, 0.05) is 17.4 Å². The van der Waals surface area contributed by atoms with E-state index < -0.39 is 17.7 Å². The third-order valence-corrected chi connectivity index (χ3v) is 2.76. The van der Waals surface area contributed by atoms with Crippen molar-refractivity contribution in [2.75, 3.05) is 17.2 Å². The summed E-state index contributed by atoms with van der Waals surface area (Å²) >= 11 is 0. The van der Waals surface area contributed by atoms with Gasteiger partial charge in [-0.1, -0.05) is 6.92 Å². The van der Waals surface area contributed by atoms with E-state index in [-0.39, 0.29) is 5.69 Å². The number of urea groups is 1. The number of nitrogens with one attached hydrogen (secondary N) is 2. The quantitative estimate of drug-likeness (QED) is 0.860. The van der Waals surface area contributed by atoms with E-state index in [1.807, 2.05) is 6.92 Å². The zero-order valence-electron chi connectivity index (χ0n) is 12.0. The average molecular weight is 306 g/mol. The first-order valence-electron chi connectivity index (χ1n) is 6.84. The molecule has 0 radical (unpaired) electrons. The number of anilines is 2. The molecule has 0 atom stereocenters. The van der Waals surface area contributed by atoms with Crippen molar-refractivity contribution in [3.05, 3.63) is 54.1 Å². The first-order valence-corrected chi connectivity index (χ1v) is 6.84. The third-order valence-electron chi connectivity index (χ3n) is 2.76. The summed E-state index contributed by atoms with van der Waals surface area (Å²) in [6.45, 7) is 2.64. The lowest BCUT2D eigenvalue weighted by Gasteiger charge is -2.09. The molecule has 0 fully saturated rings. The van der Waals surface area contributed by atoms with E-state index in [0.29, 0.717) is 18.0 Å². The van der Waals surface area contributed by atoms with Crippen LogP contribution in [0.25, 0.3) is 0 Å². The number of ether oxygens (including phenoxy) is 1. The molecule has 2 N–H and O–H groups in total. The van der Waals surface area contributed by atoms with Crippen LogP contribution in [0.2, 0.25) is 0 Å². The minimum absolute atomic E-state index is 0.166. The van der Waals surface area contributed by atoms with Gasteiger partial charge in [0.2, 0.25) is 0 Å². The number of rotatable bonds is 5. The van der Waals surface area contributed by atoms with E-state index in [9.17, 15) is 13.6 Å². The van der Waals surface area contributed by atoms with Gasteiger partial charge in [0.15, 0.2) is 11.6 Å². The van der Waals surface area contributed by atoms with E-state index in [1.165, 1.54) is 6.07 Å². The molecule has 0 bridgehead atoms. The number of carbonyl (C=O) groups is 1. The van der Waals surface area contributed by atoms with Gasteiger partial charge < -0.3 is 15.4 Å². The molecule has 0 saturated carbocycles. The van der Waals surface area contributed by atoms with Crippen LogP contribution in [0.5, 0.6) is 5.75 Å². The van der Waals surface area contributed by atoms with Gasteiger partial charge in [0.25, 0.3) is 0 Å². The molecule has 116 valence electrons. The minimum Gasteiger partial charge on any atom is -0.494 e. The molecule has 0 aliphatic rings. The molecule has 4 nitrogen and oxygen atoms in total. The Morgan fingerprint density at radius 1 is 1.00 bits per heavy atom. The van der Waals surface area contributed by atoms with Crippen molar-refractivity contribution in [2.45, 2.75) is 13.3 Å². The molecule has 2 aromatic carbocycles. The predicted octanol–water partition coefficient (Wildman–Crippen LogP) is 4.40. The lowest BCUT2D eigenvalue weighted by Crippen LogP contribution is -2.19. The maximum atomic E-state index is 13.0. The minimum atomic E-state index is -1.02. The standard InChI is InChI=1S/C16H16F2N2O2/c1-2-9-22-13-6-3-11(4-7-13)19-16(21)20-12-5-8-14(17)15(18)10-12/h3-8,10H,2,9H2,1H3,(H2,19,20,21). The van der Waals surface area contributed by atoms with Gasteiger partial charge in [-0.05, 0) is 42.8 Å². The van der Waals surface area contributed by atoms with Gasteiger partial charge in [-0.15, -0.1) is 0 Å². The Labute approximate surface area is 127 Å². The molecule has 0 aliphatic carbocycles. The smallest absolute Gasteiger partial charge is 0.323 e. The normalized spacial score (nSPS) is 10.1. The second kappa shape index (κ2) is 7.40. The number of hydrogen-bond acceptors (Lipinski definition) is 2. The summed E-state index contributed by atoms with van der Waals surface area (Å²) < 4.78 is 31.3. The predicted molar refractivity (Wildman–Crippen MR) is 81.2 cm³/mol. The lowest BCUT2D eigenvalue weighted by molar-refractivity contribution is 0.262. The fraction of sp³-hybridized carbons (Fsp3) is 0.188. The summed E-state index contributed by atoms with van der Waals surface area (Å²) in [5.74, 6) is -1.27. The lowest BCUT2D eigenvalue weighted by atomic mass is 10.3. The van der Waals surface area contributed by atoms with E-state index in [4.69, 9.17) is 4.74 Å². The van der Waals surface area contributed by atoms with Gasteiger partial charge in [0.1, 0.15) is 5.75 Å². The van der Waals surface area contributed by atoms with Crippen LogP contribution < -0.4 is 15.4 Å². The van der Waals surface area contributed by atoms with Gasteiger partial charge in [-0.3, -0.25) is 0 Å². The molecule has 0 saturated heterocycles. The van der Waals surface area contributed by atoms with E-state index in [0.717, 1.165) is 18.6 Å². The fourth-order valence-electron chi connectivity index (χ4n) is 1.72. The van der Waals surface area contributed by atoms with Crippen LogP contribution in [0, 0.1) is 11.6 Å². The summed E-state index contributed by atoms with van der Waals surface area (Å²) in [6, 6.07) is 9.45. The molecule has 0 heterocycles. The maximum absolute atomic E-state index is 13.0. The second-order valence-electron chi connectivity index (χ2n) is 4.58. The number of halogens is 2. The molecule has 22 heavy (non-hydrogen) atoms. The highest BCUT2D eigenvalue weighted by Gasteiger charge is 2.06. The van der Waals surface area contributed by atoms with Crippen LogP contribution in [0.1, 0.15) is 13.3 Å². The second-order valence-corrected chi connectivity index (χ2v) is 4.58. The van der Waals surface area contributed by atoms with Crippen molar-refractivity contribution >= 4 is 17.4 Å². The molecular weight excluding hydrogens is 290 g/mol. The van der Waals surface area contributed by atoms with Crippen molar-refractivity contribution in [2.24, 2.45) is 0 Å². The van der Waals surface area contributed by atoms with Gasteiger partial charge >= 0.3 is 6.03 Å². The summed E-state index contributed by atoms with van der Waals surface area (Å²) in [4.78, 5) is 11.8. The first kappa shape index (κ1) is 15.8. The highest BCUT2D eigenvalue weighted by atomic mass is 19.2. The van der Waals surface area contributed by atoms with Crippen LogP contribution >= 0.6 is 0 Å². The fourth-order valence-corrected chi connectivity index (χ4v) is 1.72. The molecule has 0 aromatic heterocycles. The van der Waals surface area contributed by atoms with E-state index >= 15 is 0 Å². The Morgan fingerprint density at radius 2 is 1.64 bits per heavy atom. The average Bonchev–Trinajstić information content (AvgIpc) is 2.50. The zero-order valence-corrected chi connectivity index (χ0v) is 12.0. The highest BCUT2D eigenvalue weighted by molar-refractivity contribution is 5.99. The third kappa shape index (κ3) is 4.44. The van der Waals surface area contributed by atoms with Crippen molar-refractivity contribution in [3.63, 3.8) is 0 Å². The number of carbonyl (C=O) groups excluding carboxylic acids is 1. The number of hydrogen-bond donors (Lipinski definition) is 2. The Morgan fingerprint density at radius 3 is 2.27 bits per heavy atom. The van der Waals surface area contributed by atoms with Crippen LogP contribution in [-0.4, -0.2) is 12.6 Å². The monoisotopic (exact) mass is 306 g/mol. The topological polar surface area (TPSA) is 50.4 Å². The van der Waals surface area contributed by atoms with E-state index in [2.05, 4.69) is 10.6 Å². The molecule has 6 heteroatoms. The van der Waals surface area contributed by atoms with Crippen molar-refractivity contribution in [1.82, 2.24) is 0 Å². The van der Waals surface area contributed by atoms with Gasteiger partial charge in [0.05, 0.1) is 6.61 Å². The molecule has 2 aromatic rings. The molecule has 0 unspecified atom stereocenters. The van der Waals surface area contributed by atoms with Crippen molar-refractivity contribution in [1.29, 1.82) is 0 Å². The SMILES string of the molecule is CCCOc1ccc(NC(=O)Nc2ccc(F)c(F)c2)cc1. The molecule has 2 amide bonds. The highest BCUT2D eigenvalue weighted by Crippen LogP contribution is 2.17. The molecule has 0 aliphatic heterocycles. The zero-order chi connectivity index (χ0) is 15.9. The largest absolute Gasteiger partial charge is 0.494 e. The Balaban J connectivity index is 1.92. The van der Waals surface area contributed by atoms with Crippen molar-refractivity contribution in [3.8, 4) is 5.75 Å². The van der Waals surface area contributed by atoms with Crippen LogP contribution in [0.3, 0.4) is 0 Å². The van der Waals surface area contributed by atoms with Gasteiger partial charge in [-0.25, -0.2) is 13.6 Å². The summed E-state index contributed by atoms with van der Waals surface area (Å²) in [5.41, 5.74) is 0.725. The molecular formula is C16H16F2N2O2. The Hall–Kier alpha value is -2.63. The van der Waals surface area contributed by atoms with Crippen LogP contribution in [0.4, 0.5) is 25.0 Å². The summed E-state index contributed by atoms with van der Waals surface area (Å²) in [5, 5.41) is 5.01. The van der Waals surface area contributed by atoms with Crippen LogP contribution in [0.15, 0.2) is 42.5 Å². The number of benzene rings is 2. The van der Waals surface area contributed by atoms with Crippen LogP contribution in [-0.2, 0) is 0 Å². The first-order chi connectivity index (χ1) is 10.6. The van der Waals surface area contributed by atoms with Gasteiger partial charge in [-0.2, -0.15) is 0 Å². The Bertz CT molecular complexity index is 645. The Kier molecular flexibility index (Phi) is 5.30. The molecule has 2 rings (SSSR count). The maximum Gasteiger partial charge on any atom is 0.323 e. The molecule has 0 spiro atoms. The summed E-state index contributed by atoms with van der Waals surface area (Å²) in [6.07, 6.45) is 0.913. The van der Waals surface area contributed by atoms with Crippen molar-refractivity contribution < 1.29 is 18.3 Å². The summed E-state index contributed by atoms with van der Waals surface area (Å²) in [7, 11) is 0. The number of amides is 2. The van der Waals surface area contributed by atoms with E-state index in [1.54, 1.807) is 24.3 Å².